The van der Waals surface area contributed by atoms with Crippen LogP contribution in [0.1, 0.15) is 22.3 Å². The Morgan fingerprint density at radius 3 is 2.81 bits per heavy atom. The van der Waals surface area contributed by atoms with Gasteiger partial charge in [-0.2, -0.15) is 0 Å². The van der Waals surface area contributed by atoms with Crippen LogP contribution in [0, 0.1) is 10.1 Å². The minimum Gasteiger partial charge on any atom is -0.375 e. The van der Waals surface area contributed by atoms with E-state index in [0.717, 1.165) is 24.1 Å². The number of ether oxygens (including phenoxy) is 1. The summed E-state index contributed by atoms with van der Waals surface area (Å²) >= 11 is 0. The summed E-state index contributed by atoms with van der Waals surface area (Å²) in [6, 6.07) is 10.9. The largest absolute Gasteiger partial charge is 0.375 e. The average molecular weight is 369 g/mol. The first kappa shape index (κ1) is 18.5. The third-order valence-electron chi connectivity index (χ3n) is 4.35. The van der Waals surface area contributed by atoms with Gasteiger partial charge in [0.15, 0.2) is 0 Å². The smallest absolute Gasteiger partial charge is 0.270 e. The average Bonchev–Trinajstić information content (AvgIpc) is 2.67. The van der Waals surface area contributed by atoms with Crippen molar-refractivity contribution in [3.8, 4) is 0 Å². The van der Waals surface area contributed by atoms with Gasteiger partial charge in [0.1, 0.15) is 6.61 Å². The van der Waals surface area contributed by atoms with Gasteiger partial charge >= 0.3 is 0 Å². The Balaban J connectivity index is 1.83. The number of benzene rings is 2. The molecular formula is C19H19N3O5. The molecule has 0 aliphatic carbocycles. The lowest BCUT2D eigenvalue weighted by Gasteiger charge is -2.29. The molecule has 0 saturated carbocycles. The highest BCUT2D eigenvalue weighted by Crippen LogP contribution is 2.30. The number of anilines is 2. The molecule has 0 spiro atoms. The Morgan fingerprint density at radius 2 is 2.07 bits per heavy atom. The zero-order chi connectivity index (χ0) is 19.4. The number of carbonyl (C=O) groups is 2. The van der Waals surface area contributed by atoms with Gasteiger partial charge in [-0.3, -0.25) is 19.7 Å². The van der Waals surface area contributed by atoms with Crippen molar-refractivity contribution < 1.29 is 19.2 Å². The molecule has 2 aromatic rings. The number of nitro groups is 1. The monoisotopic (exact) mass is 369 g/mol. The van der Waals surface area contributed by atoms with E-state index in [9.17, 15) is 19.7 Å². The van der Waals surface area contributed by atoms with E-state index in [2.05, 4.69) is 5.32 Å². The Labute approximate surface area is 155 Å². The number of fused-ring (bicyclic) bond motifs is 1. The highest BCUT2D eigenvalue weighted by atomic mass is 16.6. The van der Waals surface area contributed by atoms with Crippen molar-refractivity contribution in [3.63, 3.8) is 0 Å². The van der Waals surface area contributed by atoms with Crippen molar-refractivity contribution in [2.45, 2.75) is 12.8 Å². The second-order valence-electron chi connectivity index (χ2n) is 6.19. The van der Waals surface area contributed by atoms with E-state index in [1.54, 1.807) is 17.0 Å². The van der Waals surface area contributed by atoms with Crippen LogP contribution in [0.15, 0.2) is 42.5 Å². The van der Waals surface area contributed by atoms with Gasteiger partial charge in [0.05, 0.1) is 4.92 Å². The van der Waals surface area contributed by atoms with Gasteiger partial charge in [0.25, 0.3) is 17.5 Å². The van der Waals surface area contributed by atoms with E-state index in [1.807, 2.05) is 6.07 Å². The van der Waals surface area contributed by atoms with Crippen molar-refractivity contribution in [1.82, 2.24) is 0 Å². The molecule has 2 aromatic carbocycles. The fourth-order valence-corrected chi connectivity index (χ4v) is 3.08. The van der Waals surface area contributed by atoms with E-state index in [0.29, 0.717) is 12.2 Å². The van der Waals surface area contributed by atoms with Crippen LogP contribution in [0.5, 0.6) is 0 Å². The van der Waals surface area contributed by atoms with E-state index < -0.39 is 10.8 Å². The van der Waals surface area contributed by atoms with Gasteiger partial charge in [0, 0.05) is 42.7 Å². The number of hydrogen-bond donors (Lipinski definition) is 1. The summed E-state index contributed by atoms with van der Waals surface area (Å²) in [4.78, 5) is 36.7. The zero-order valence-corrected chi connectivity index (χ0v) is 14.8. The quantitative estimate of drug-likeness (QED) is 0.645. The molecule has 3 rings (SSSR count). The SMILES string of the molecule is COCC(=O)N1CCCc2ccc(NC(=O)c3cccc([N+](=O)[O-])c3)cc21. The molecular weight excluding hydrogens is 350 g/mol. The normalized spacial score (nSPS) is 13.0. The van der Waals surface area contributed by atoms with Gasteiger partial charge in [0.2, 0.25) is 0 Å². The molecule has 1 N–H and O–H groups in total. The summed E-state index contributed by atoms with van der Waals surface area (Å²) in [7, 11) is 1.47. The van der Waals surface area contributed by atoms with E-state index >= 15 is 0 Å². The molecule has 0 saturated heterocycles. The first-order valence-electron chi connectivity index (χ1n) is 8.47. The van der Waals surface area contributed by atoms with Gasteiger partial charge in [-0.15, -0.1) is 0 Å². The molecule has 2 amide bonds. The molecule has 1 aliphatic rings. The maximum absolute atomic E-state index is 12.4. The maximum Gasteiger partial charge on any atom is 0.270 e. The van der Waals surface area contributed by atoms with Crippen LogP contribution in [0.2, 0.25) is 0 Å². The molecule has 0 aromatic heterocycles. The first-order valence-corrected chi connectivity index (χ1v) is 8.47. The third kappa shape index (κ3) is 4.12. The molecule has 0 fully saturated rings. The number of aryl methyl sites for hydroxylation is 1. The Hall–Kier alpha value is -3.26. The predicted molar refractivity (Wildman–Crippen MR) is 100 cm³/mol. The molecule has 1 heterocycles. The summed E-state index contributed by atoms with van der Waals surface area (Å²) < 4.78 is 4.94. The summed E-state index contributed by atoms with van der Waals surface area (Å²) in [6.07, 6.45) is 1.72. The Bertz CT molecular complexity index is 897. The van der Waals surface area contributed by atoms with Crippen LogP contribution in [0.3, 0.4) is 0 Å². The van der Waals surface area contributed by atoms with Crippen LogP contribution in [0.25, 0.3) is 0 Å². The number of non-ortho nitro benzene ring substituents is 1. The number of nitrogens with zero attached hydrogens (tertiary/aromatic N) is 2. The van der Waals surface area contributed by atoms with Crippen molar-refractivity contribution in [2.24, 2.45) is 0 Å². The van der Waals surface area contributed by atoms with Crippen LogP contribution in [0.4, 0.5) is 17.1 Å². The summed E-state index contributed by atoms with van der Waals surface area (Å²) in [5, 5.41) is 13.6. The van der Waals surface area contributed by atoms with Crippen LogP contribution >= 0.6 is 0 Å². The maximum atomic E-state index is 12.4. The van der Waals surface area contributed by atoms with Crippen LogP contribution in [-0.2, 0) is 16.0 Å². The minimum atomic E-state index is -0.547. The standard InChI is InChI=1S/C19H19N3O5/c1-27-12-18(23)21-9-3-5-13-7-8-15(11-17(13)21)20-19(24)14-4-2-6-16(10-14)22(25)26/h2,4,6-8,10-11H,3,5,9,12H2,1H3,(H,20,24). The number of carbonyl (C=O) groups excluding carboxylic acids is 2. The van der Waals surface area contributed by atoms with E-state index in [4.69, 9.17) is 4.74 Å². The van der Waals surface area contributed by atoms with Crippen LogP contribution in [-0.4, -0.2) is 37.0 Å². The molecule has 1 aliphatic heterocycles. The van der Waals surface area contributed by atoms with Gasteiger partial charge in [-0.05, 0) is 36.6 Å². The highest BCUT2D eigenvalue weighted by Gasteiger charge is 2.23. The number of rotatable bonds is 5. The van der Waals surface area contributed by atoms with E-state index in [1.165, 1.54) is 31.4 Å². The summed E-state index contributed by atoms with van der Waals surface area (Å²) in [5.74, 6) is -0.593. The number of methoxy groups -OCH3 is 1. The molecule has 140 valence electrons. The Kier molecular flexibility index (Phi) is 5.46. The number of nitrogens with one attached hydrogen (secondary N) is 1. The van der Waals surface area contributed by atoms with Crippen LogP contribution < -0.4 is 10.2 Å². The molecule has 0 bridgehead atoms. The molecule has 0 unspecified atom stereocenters. The van der Waals surface area contributed by atoms with Crippen molar-refractivity contribution in [2.75, 3.05) is 30.5 Å². The molecule has 8 heteroatoms. The number of nitro benzene ring substituents is 1. The lowest BCUT2D eigenvalue weighted by Crippen LogP contribution is -2.37. The fourth-order valence-electron chi connectivity index (χ4n) is 3.08. The lowest BCUT2D eigenvalue weighted by atomic mass is 10.0. The highest BCUT2D eigenvalue weighted by molar-refractivity contribution is 6.05. The van der Waals surface area contributed by atoms with Crippen molar-refractivity contribution in [3.05, 3.63) is 63.7 Å². The van der Waals surface area contributed by atoms with E-state index in [-0.39, 0.29) is 23.8 Å². The molecule has 8 nitrogen and oxygen atoms in total. The van der Waals surface area contributed by atoms with Crippen molar-refractivity contribution >= 4 is 28.9 Å². The molecule has 0 atom stereocenters. The number of amides is 2. The second-order valence-corrected chi connectivity index (χ2v) is 6.19. The minimum absolute atomic E-state index is 0.0102. The van der Waals surface area contributed by atoms with Gasteiger partial charge in [-0.1, -0.05) is 12.1 Å². The van der Waals surface area contributed by atoms with Crippen molar-refractivity contribution in [1.29, 1.82) is 0 Å². The topological polar surface area (TPSA) is 102 Å². The van der Waals surface area contributed by atoms with Gasteiger partial charge < -0.3 is 15.0 Å². The third-order valence-corrected chi connectivity index (χ3v) is 4.35. The molecule has 27 heavy (non-hydrogen) atoms. The lowest BCUT2D eigenvalue weighted by molar-refractivity contribution is -0.384. The zero-order valence-electron chi connectivity index (χ0n) is 14.8. The predicted octanol–water partition coefficient (Wildman–Crippen LogP) is 2.77. The van der Waals surface area contributed by atoms with Gasteiger partial charge in [-0.25, -0.2) is 0 Å². The first-order chi connectivity index (χ1) is 13.0. The second kappa shape index (κ2) is 7.96. The summed E-state index contributed by atoms with van der Waals surface area (Å²) in [5.41, 5.74) is 2.33. The number of hydrogen-bond acceptors (Lipinski definition) is 5. The Morgan fingerprint density at radius 1 is 1.26 bits per heavy atom. The molecule has 0 radical (unpaired) electrons. The fraction of sp³-hybridized carbons (Fsp3) is 0.263. The summed E-state index contributed by atoms with van der Waals surface area (Å²) in [6.45, 7) is 0.585.